The zero-order valence-electron chi connectivity index (χ0n) is 9.27. The summed E-state index contributed by atoms with van der Waals surface area (Å²) in [4.78, 5) is 5.24. The molecule has 1 heterocycles. The van der Waals surface area contributed by atoms with Crippen LogP contribution in [-0.2, 0) is 0 Å². The van der Waals surface area contributed by atoms with Crippen molar-refractivity contribution in [2.24, 2.45) is 0 Å². The minimum atomic E-state index is 0.765. The number of rotatable bonds is 5. The molecule has 0 aliphatic carbocycles. The minimum Gasteiger partial charge on any atom is -0.384 e. The zero-order valence-corrected chi connectivity index (χ0v) is 10.8. The molecule has 0 saturated heterocycles. The molecule has 0 aliphatic rings. The maximum atomic E-state index is 5.82. The number of nitrogens with one attached hydrogen (secondary N) is 1. The number of pyridine rings is 1. The van der Waals surface area contributed by atoms with Crippen molar-refractivity contribution in [3.05, 3.63) is 53.8 Å². The molecule has 2 aromatic rings. The number of nitrogens with zero attached hydrogens (tertiary/aromatic N) is 1. The molecule has 88 valence electrons. The summed E-state index contributed by atoms with van der Waals surface area (Å²) < 4.78 is 0. The molecule has 0 amide bonds. The lowest BCUT2D eigenvalue weighted by atomic mass is 10.3. The van der Waals surface area contributed by atoms with Crippen LogP contribution in [0.1, 0.15) is 0 Å². The molecular weight excluding hydrogens is 252 g/mol. The summed E-state index contributed by atoms with van der Waals surface area (Å²) in [6.07, 6.45) is 3.63. The highest BCUT2D eigenvalue weighted by molar-refractivity contribution is 7.99. The number of anilines is 1. The van der Waals surface area contributed by atoms with Gasteiger partial charge in [-0.15, -0.1) is 11.8 Å². The Morgan fingerprint density at radius 1 is 1.06 bits per heavy atom. The van der Waals surface area contributed by atoms with Crippen molar-refractivity contribution in [3.63, 3.8) is 0 Å². The Balaban J connectivity index is 1.71. The summed E-state index contributed by atoms with van der Waals surface area (Å²) in [6.45, 7) is 0.925. The Bertz CT molecular complexity index is 445. The van der Waals surface area contributed by atoms with Crippen molar-refractivity contribution in [3.8, 4) is 0 Å². The highest BCUT2D eigenvalue weighted by Gasteiger charge is 1.94. The fourth-order valence-electron chi connectivity index (χ4n) is 1.37. The van der Waals surface area contributed by atoms with Gasteiger partial charge in [0, 0.05) is 40.3 Å². The minimum absolute atomic E-state index is 0.765. The van der Waals surface area contributed by atoms with Crippen molar-refractivity contribution in [1.82, 2.24) is 4.98 Å². The first-order chi connectivity index (χ1) is 8.34. The number of aromatic nitrogens is 1. The largest absolute Gasteiger partial charge is 0.384 e. The average Bonchev–Trinajstić information content (AvgIpc) is 2.38. The van der Waals surface area contributed by atoms with Crippen LogP contribution < -0.4 is 5.32 Å². The summed E-state index contributed by atoms with van der Waals surface area (Å²) in [5.41, 5.74) is 1.10. The van der Waals surface area contributed by atoms with Crippen LogP contribution in [0, 0.1) is 0 Å². The van der Waals surface area contributed by atoms with Crippen LogP contribution in [0.2, 0.25) is 5.02 Å². The van der Waals surface area contributed by atoms with Gasteiger partial charge in [0.1, 0.15) is 0 Å². The maximum absolute atomic E-state index is 5.82. The molecule has 0 unspecified atom stereocenters. The van der Waals surface area contributed by atoms with E-state index in [0.29, 0.717) is 0 Å². The van der Waals surface area contributed by atoms with E-state index in [0.717, 1.165) is 23.0 Å². The molecule has 0 atom stereocenters. The Kier molecular flexibility index (Phi) is 4.71. The molecule has 0 saturated carbocycles. The molecule has 2 rings (SSSR count). The van der Waals surface area contributed by atoms with Gasteiger partial charge in [-0.2, -0.15) is 0 Å². The molecule has 0 fully saturated rings. The van der Waals surface area contributed by atoms with Gasteiger partial charge in [-0.05, 0) is 36.4 Å². The summed E-state index contributed by atoms with van der Waals surface area (Å²) in [5, 5.41) is 4.11. The number of benzene rings is 1. The van der Waals surface area contributed by atoms with Gasteiger partial charge in [0.25, 0.3) is 0 Å². The highest BCUT2D eigenvalue weighted by Crippen LogP contribution is 2.17. The van der Waals surface area contributed by atoms with Crippen molar-refractivity contribution < 1.29 is 0 Å². The van der Waals surface area contributed by atoms with E-state index in [2.05, 4.69) is 10.3 Å². The Hall–Kier alpha value is -1.19. The first kappa shape index (κ1) is 12.3. The molecule has 1 N–H and O–H groups in total. The third-order valence-electron chi connectivity index (χ3n) is 2.19. The van der Waals surface area contributed by atoms with Crippen molar-refractivity contribution >= 4 is 29.1 Å². The molecule has 1 aromatic heterocycles. The molecule has 0 bridgehead atoms. The molecular formula is C13H13ClN2S. The molecule has 4 heteroatoms. The summed E-state index contributed by atoms with van der Waals surface area (Å²) in [6, 6.07) is 11.8. The molecule has 1 aromatic carbocycles. The molecule has 0 radical (unpaired) electrons. The van der Waals surface area contributed by atoms with Crippen LogP contribution in [0.25, 0.3) is 0 Å². The number of thioether (sulfide) groups is 1. The number of halogens is 1. The van der Waals surface area contributed by atoms with Gasteiger partial charge in [0.2, 0.25) is 0 Å². The second-order valence-corrected chi connectivity index (χ2v) is 5.07. The summed E-state index contributed by atoms with van der Waals surface area (Å²) in [5.74, 6) is 1.02. The predicted octanol–water partition coefficient (Wildman–Crippen LogP) is 3.94. The molecule has 17 heavy (non-hydrogen) atoms. The van der Waals surface area contributed by atoms with Crippen molar-refractivity contribution in [1.29, 1.82) is 0 Å². The van der Waals surface area contributed by atoms with E-state index in [9.17, 15) is 0 Å². The van der Waals surface area contributed by atoms with E-state index >= 15 is 0 Å². The van der Waals surface area contributed by atoms with E-state index in [1.54, 1.807) is 0 Å². The molecule has 0 aliphatic heterocycles. The lowest BCUT2D eigenvalue weighted by Gasteiger charge is -2.06. The molecule has 2 nitrogen and oxygen atoms in total. The number of hydrogen-bond acceptors (Lipinski definition) is 3. The fraction of sp³-hybridized carbons (Fsp3) is 0.154. The second-order valence-electron chi connectivity index (χ2n) is 3.47. The summed E-state index contributed by atoms with van der Waals surface area (Å²) >= 11 is 7.63. The first-order valence-electron chi connectivity index (χ1n) is 5.37. The number of hydrogen-bond donors (Lipinski definition) is 1. The van der Waals surface area contributed by atoms with E-state index < -0.39 is 0 Å². The zero-order chi connectivity index (χ0) is 11.9. The van der Waals surface area contributed by atoms with E-state index in [-0.39, 0.29) is 0 Å². The van der Waals surface area contributed by atoms with Crippen LogP contribution in [0.4, 0.5) is 5.69 Å². The van der Waals surface area contributed by atoms with Crippen molar-refractivity contribution in [2.45, 2.75) is 4.90 Å². The Morgan fingerprint density at radius 2 is 1.76 bits per heavy atom. The van der Waals surface area contributed by atoms with Crippen LogP contribution in [-0.4, -0.2) is 17.3 Å². The lowest BCUT2D eigenvalue weighted by Crippen LogP contribution is -2.03. The third-order valence-corrected chi connectivity index (χ3v) is 3.46. The second kappa shape index (κ2) is 6.52. The first-order valence-corrected chi connectivity index (χ1v) is 6.73. The third kappa shape index (κ3) is 4.29. The van der Waals surface area contributed by atoms with Crippen LogP contribution >= 0.6 is 23.4 Å². The van der Waals surface area contributed by atoms with Gasteiger partial charge >= 0.3 is 0 Å². The van der Waals surface area contributed by atoms with Crippen LogP contribution in [0.5, 0.6) is 0 Å². The van der Waals surface area contributed by atoms with Gasteiger partial charge in [0.05, 0.1) is 0 Å². The van der Waals surface area contributed by atoms with Crippen LogP contribution in [0.3, 0.4) is 0 Å². The van der Waals surface area contributed by atoms with E-state index in [4.69, 9.17) is 11.6 Å². The Morgan fingerprint density at radius 3 is 2.47 bits per heavy atom. The predicted molar refractivity (Wildman–Crippen MR) is 74.9 cm³/mol. The van der Waals surface area contributed by atoms with Crippen molar-refractivity contribution in [2.75, 3.05) is 17.6 Å². The standard InChI is InChI=1S/C13H13ClN2S/c14-11-1-3-12(4-2-11)16-9-10-17-13-5-7-15-8-6-13/h1-8,16H,9-10H2. The van der Waals surface area contributed by atoms with Gasteiger partial charge in [0.15, 0.2) is 0 Å². The molecule has 0 spiro atoms. The monoisotopic (exact) mass is 264 g/mol. The van der Waals surface area contributed by atoms with Gasteiger partial charge in [-0.3, -0.25) is 4.98 Å². The maximum Gasteiger partial charge on any atom is 0.0407 e. The topological polar surface area (TPSA) is 24.9 Å². The van der Waals surface area contributed by atoms with Crippen LogP contribution in [0.15, 0.2) is 53.7 Å². The highest BCUT2D eigenvalue weighted by atomic mass is 35.5. The SMILES string of the molecule is Clc1ccc(NCCSc2ccncc2)cc1. The lowest BCUT2D eigenvalue weighted by molar-refractivity contribution is 1.21. The average molecular weight is 265 g/mol. The smallest absolute Gasteiger partial charge is 0.0407 e. The van der Waals surface area contributed by atoms with Gasteiger partial charge in [-0.25, -0.2) is 0 Å². The van der Waals surface area contributed by atoms with Gasteiger partial charge in [-0.1, -0.05) is 11.6 Å². The quantitative estimate of drug-likeness (QED) is 0.654. The fourth-order valence-corrected chi connectivity index (χ4v) is 2.25. The van der Waals surface area contributed by atoms with Gasteiger partial charge < -0.3 is 5.32 Å². The normalized spacial score (nSPS) is 10.2. The Labute approximate surface area is 110 Å². The summed E-state index contributed by atoms with van der Waals surface area (Å²) in [7, 11) is 0. The van der Waals surface area contributed by atoms with E-state index in [1.165, 1.54) is 4.90 Å². The van der Waals surface area contributed by atoms with E-state index in [1.807, 2.05) is 60.6 Å².